The second kappa shape index (κ2) is 6.67. The first kappa shape index (κ1) is 14.7. The Kier molecular flexibility index (Phi) is 4.66. The molecule has 114 valence electrons. The number of rotatable bonds is 4. The van der Waals surface area contributed by atoms with Gasteiger partial charge in [-0.25, -0.2) is 0 Å². The smallest absolute Gasteiger partial charge is 0.239 e. The third kappa shape index (κ3) is 3.50. The molecule has 2 heterocycles. The Morgan fingerprint density at radius 1 is 1.24 bits per heavy atom. The molecule has 1 amide bonds. The van der Waals surface area contributed by atoms with Crippen LogP contribution in [0, 0.1) is 0 Å². The number of anilines is 1. The van der Waals surface area contributed by atoms with E-state index in [-0.39, 0.29) is 12.5 Å². The average molecular weight is 308 g/mol. The maximum absolute atomic E-state index is 12.1. The Balaban J connectivity index is 1.49. The lowest BCUT2D eigenvalue weighted by Gasteiger charge is -2.32. The molecule has 2 aliphatic rings. The van der Waals surface area contributed by atoms with Gasteiger partial charge < -0.3 is 10.6 Å². The lowest BCUT2D eigenvalue weighted by atomic mass is 9.99. The number of halogens is 1. The van der Waals surface area contributed by atoms with Gasteiger partial charge >= 0.3 is 0 Å². The van der Waals surface area contributed by atoms with Crippen LogP contribution in [0.1, 0.15) is 25.7 Å². The van der Waals surface area contributed by atoms with E-state index in [0.29, 0.717) is 17.1 Å². The fraction of sp³-hybridized carbons (Fsp3) is 0.562. The number of carbonyl (C=O) groups excluding carboxylic acids is 1. The molecular formula is C16H22ClN3O. The number of fused-ring (bicyclic) bond motifs is 1. The first-order valence-electron chi connectivity index (χ1n) is 7.76. The Labute approximate surface area is 130 Å². The van der Waals surface area contributed by atoms with Gasteiger partial charge in [0.15, 0.2) is 0 Å². The van der Waals surface area contributed by atoms with Crippen molar-refractivity contribution in [2.24, 2.45) is 0 Å². The van der Waals surface area contributed by atoms with Crippen LogP contribution in [0.5, 0.6) is 0 Å². The molecule has 2 atom stereocenters. The fourth-order valence-electron chi connectivity index (χ4n) is 3.45. The van der Waals surface area contributed by atoms with Gasteiger partial charge in [0, 0.05) is 18.6 Å². The molecule has 1 aromatic carbocycles. The van der Waals surface area contributed by atoms with Gasteiger partial charge in [0.05, 0.1) is 17.3 Å². The zero-order chi connectivity index (χ0) is 14.7. The highest BCUT2D eigenvalue weighted by molar-refractivity contribution is 6.33. The molecule has 2 fully saturated rings. The molecule has 0 aromatic heterocycles. The minimum absolute atomic E-state index is 0.0485. The molecule has 2 saturated heterocycles. The van der Waals surface area contributed by atoms with Crippen molar-refractivity contribution < 1.29 is 4.79 Å². The van der Waals surface area contributed by atoms with Crippen molar-refractivity contribution in [3.05, 3.63) is 29.3 Å². The van der Waals surface area contributed by atoms with Crippen LogP contribution in [0.2, 0.25) is 5.02 Å². The highest BCUT2D eigenvalue weighted by Gasteiger charge is 2.35. The fourth-order valence-corrected chi connectivity index (χ4v) is 3.66. The number of hydrogen-bond acceptors (Lipinski definition) is 3. The van der Waals surface area contributed by atoms with Crippen LogP contribution in [0.4, 0.5) is 5.69 Å². The molecule has 0 radical (unpaired) electrons. The largest absolute Gasteiger partial charge is 0.375 e. The lowest BCUT2D eigenvalue weighted by Crippen LogP contribution is -2.48. The second-order valence-electron chi connectivity index (χ2n) is 5.90. The van der Waals surface area contributed by atoms with Gasteiger partial charge in [0.2, 0.25) is 5.91 Å². The van der Waals surface area contributed by atoms with E-state index in [4.69, 9.17) is 11.6 Å². The summed E-state index contributed by atoms with van der Waals surface area (Å²) in [5.41, 5.74) is 0.806. The van der Waals surface area contributed by atoms with E-state index >= 15 is 0 Å². The van der Waals surface area contributed by atoms with Crippen molar-refractivity contribution in [2.75, 3.05) is 25.0 Å². The van der Waals surface area contributed by atoms with E-state index < -0.39 is 0 Å². The molecule has 0 spiro atoms. The SMILES string of the molecule is O=C(CNc1ccccc1Cl)N[C@H]1CCN2CCCC[C@H]12. The van der Waals surface area contributed by atoms with Crippen LogP contribution < -0.4 is 10.6 Å². The zero-order valence-electron chi connectivity index (χ0n) is 12.1. The van der Waals surface area contributed by atoms with Crippen molar-refractivity contribution >= 4 is 23.2 Å². The minimum atomic E-state index is 0.0485. The maximum Gasteiger partial charge on any atom is 0.239 e. The van der Waals surface area contributed by atoms with Crippen molar-refractivity contribution in [1.82, 2.24) is 10.2 Å². The molecular weight excluding hydrogens is 286 g/mol. The van der Waals surface area contributed by atoms with E-state index in [2.05, 4.69) is 15.5 Å². The molecule has 0 aliphatic carbocycles. The summed E-state index contributed by atoms with van der Waals surface area (Å²) in [4.78, 5) is 14.6. The van der Waals surface area contributed by atoms with Crippen LogP contribution in [-0.4, -0.2) is 42.5 Å². The molecule has 2 aliphatic heterocycles. The highest BCUT2D eigenvalue weighted by atomic mass is 35.5. The van der Waals surface area contributed by atoms with E-state index in [0.717, 1.165) is 18.7 Å². The van der Waals surface area contributed by atoms with Gasteiger partial charge in [-0.1, -0.05) is 30.2 Å². The molecule has 2 N–H and O–H groups in total. The van der Waals surface area contributed by atoms with Crippen molar-refractivity contribution in [1.29, 1.82) is 0 Å². The van der Waals surface area contributed by atoms with E-state index in [1.807, 2.05) is 24.3 Å². The van der Waals surface area contributed by atoms with Crippen LogP contribution >= 0.6 is 11.6 Å². The number of piperidine rings is 1. The second-order valence-corrected chi connectivity index (χ2v) is 6.30. The maximum atomic E-state index is 12.1. The van der Waals surface area contributed by atoms with Crippen LogP contribution in [-0.2, 0) is 4.79 Å². The monoisotopic (exact) mass is 307 g/mol. The van der Waals surface area contributed by atoms with E-state index in [1.54, 1.807) is 0 Å². The molecule has 0 unspecified atom stereocenters. The lowest BCUT2D eigenvalue weighted by molar-refractivity contribution is -0.120. The van der Waals surface area contributed by atoms with Gasteiger partial charge in [0.25, 0.3) is 0 Å². The number of carbonyl (C=O) groups is 1. The van der Waals surface area contributed by atoms with Crippen LogP contribution in [0.15, 0.2) is 24.3 Å². The number of hydrogen-bond donors (Lipinski definition) is 2. The first-order chi connectivity index (χ1) is 10.2. The molecule has 0 saturated carbocycles. The quantitative estimate of drug-likeness (QED) is 0.898. The summed E-state index contributed by atoms with van der Waals surface area (Å²) in [6.07, 6.45) is 4.86. The van der Waals surface area contributed by atoms with Crippen molar-refractivity contribution in [3.8, 4) is 0 Å². The molecule has 21 heavy (non-hydrogen) atoms. The van der Waals surface area contributed by atoms with Gasteiger partial charge in [-0.2, -0.15) is 0 Å². The third-order valence-corrected chi connectivity index (χ3v) is 4.85. The van der Waals surface area contributed by atoms with Crippen LogP contribution in [0.3, 0.4) is 0 Å². The summed E-state index contributed by atoms with van der Waals surface area (Å²) in [5, 5.41) is 6.93. The summed E-state index contributed by atoms with van der Waals surface area (Å²) in [5.74, 6) is 0.0485. The summed E-state index contributed by atoms with van der Waals surface area (Å²) in [7, 11) is 0. The van der Waals surface area contributed by atoms with Gasteiger partial charge in [-0.05, 0) is 37.9 Å². The Hall–Kier alpha value is -1.26. The third-order valence-electron chi connectivity index (χ3n) is 4.52. The predicted molar refractivity (Wildman–Crippen MR) is 85.7 cm³/mol. The number of benzene rings is 1. The molecule has 3 rings (SSSR count). The topological polar surface area (TPSA) is 44.4 Å². The summed E-state index contributed by atoms with van der Waals surface area (Å²) in [6, 6.07) is 8.34. The summed E-state index contributed by atoms with van der Waals surface area (Å²) < 4.78 is 0. The van der Waals surface area contributed by atoms with E-state index in [9.17, 15) is 4.79 Å². The number of amides is 1. The van der Waals surface area contributed by atoms with Crippen molar-refractivity contribution in [3.63, 3.8) is 0 Å². The Morgan fingerprint density at radius 2 is 2.10 bits per heavy atom. The normalized spacial score (nSPS) is 25.4. The standard InChI is InChI=1S/C16H22ClN3O/c17-12-5-1-2-6-13(12)18-11-16(21)19-14-8-10-20-9-4-3-7-15(14)20/h1-2,5-6,14-15,18H,3-4,7-11H2,(H,19,21)/t14-,15+/m0/s1. The Morgan fingerprint density at radius 3 is 2.95 bits per heavy atom. The first-order valence-corrected chi connectivity index (χ1v) is 8.13. The number of para-hydroxylation sites is 1. The average Bonchev–Trinajstić information content (AvgIpc) is 2.90. The molecule has 0 bridgehead atoms. The summed E-state index contributed by atoms with van der Waals surface area (Å²) >= 11 is 6.07. The van der Waals surface area contributed by atoms with E-state index in [1.165, 1.54) is 25.8 Å². The molecule has 5 heteroatoms. The Bertz CT molecular complexity index is 508. The highest BCUT2D eigenvalue weighted by Crippen LogP contribution is 2.27. The van der Waals surface area contributed by atoms with Crippen molar-refractivity contribution in [2.45, 2.75) is 37.8 Å². The zero-order valence-corrected chi connectivity index (χ0v) is 12.9. The van der Waals surface area contributed by atoms with Gasteiger partial charge in [0.1, 0.15) is 0 Å². The molecule has 4 nitrogen and oxygen atoms in total. The molecule has 1 aromatic rings. The summed E-state index contributed by atoms with van der Waals surface area (Å²) in [6.45, 7) is 2.58. The van der Waals surface area contributed by atoms with Gasteiger partial charge in [-0.3, -0.25) is 9.69 Å². The number of nitrogens with one attached hydrogen (secondary N) is 2. The van der Waals surface area contributed by atoms with Gasteiger partial charge in [-0.15, -0.1) is 0 Å². The van der Waals surface area contributed by atoms with Crippen LogP contribution in [0.25, 0.3) is 0 Å². The number of nitrogens with zero attached hydrogens (tertiary/aromatic N) is 1. The predicted octanol–water partition coefficient (Wildman–Crippen LogP) is 2.49. The minimum Gasteiger partial charge on any atom is -0.375 e.